The Morgan fingerprint density at radius 2 is 0.721 bits per heavy atom. The van der Waals surface area contributed by atoms with Crippen molar-refractivity contribution in [2.24, 2.45) is 0 Å². The second-order valence-electron chi connectivity index (χ2n) is 10.2. The van der Waals surface area contributed by atoms with Gasteiger partial charge in [-0.1, -0.05) is 76.4 Å². The van der Waals surface area contributed by atoms with Crippen molar-refractivity contribution in [2.75, 3.05) is 0 Å². The SMILES string of the molecule is CCCc1ccc(O)c2ncccc12.CCCc1ccc(O)c2ncccc12.CCCc1ccc(O)c2ncccc12.[Al]. The van der Waals surface area contributed by atoms with Gasteiger partial charge in [0.2, 0.25) is 0 Å². The van der Waals surface area contributed by atoms with Crippen molar-refractivity contribution in [3.8, 4) is 17.2 Å². The molecule has 0 saturated carbocycles. The number of phenolic OH excluding ortho intramolecular Hbond substituents is 3. The topological polar surface area (TPSA) is 99.4 Å². The number of aromatic nitrogens is 3. The molecule has 0 unspecified atom stereocenters. The molecule has 0 atom stereocenters. The summed E-state index contributed by atoms with van der Waals surface area (Å²) in [5, 5.41) is 32.0. The molecule has 3 radical (unpaired) electrons. The van der Waals surface area contributed by atoms with Gasteiger partial charge in [-0.05, 0) is 72.4 Å². The maximum absolute atomic E-state index is 9.60. The van der Waals surface area contributed by atoms with Gasteiger partial charge in [-0.3, -0.25) is 15.0 Å². The van der Waals surface area contributed by atoms with Crippen LogP contribution in [0.5, 0.6) is 17.2 Å². The van der Waals surface area contributed by atoms with Crippen molar-refractivity contribution in [1.82, 2.24) is 15.0 Å². The third kappa shape index (κ3) is 8.22. The molecule has 0 fully saturated rings. The molecular weight excluding hydrogens is 549 g/mol. The van der Waals surface area contributed by atoms with Gasteiger partial charge >= 0.3 is 0 Å². The van der Waals surface area contributed by atoms with E-state index in [4.69, 9.17) is 0 Å². The molecule has 3 N–H and O–H groups in total. The lowest BCUT2D eigenvalue weighted by atomic mass is 10.0. The molecule has 6 rings (SSSR count). The first kappa shape index (κ1) is 33.3. The highest BCUT2D eigenvalue weighted by atomic mass is 27.0. The highest BCUT2D eigenvalue weighted by molar-refractivity contribution is 5.88. The number of hydrogen-bond acceptors (Lipinski definition) is 6. The van der Waals surface area contributed by atoms with Gasteiger partial charge in [0.05, 0.1) is 0 Å². The van der Waals surface area contributed by atoms with Crippen LogP contribution in [0.1, 0.15) is 56.7 Å². The highest BCUT2D eigenvalue weighted by Gasteiger charge is 2.06. The normalized spacial score (nSPS) is 10.4. The van der Waals surface area contributed by atoms with Crippen molar-refractivity contribution in [1.29, 1.82) is 0 Å². The van der Waals surface area contributed by atoms with Crippen LogP contribution in [0.3, 0.4) is 0 Å². The second-order valence-corrected chi connectivity index (χ2v) is 10.2. The zero-order chi connectivity index (χ0) is 29.9. The molecule has 0 amide bonds. The number of aryl methyl sites for hydroxylation is 3. The van der Waals surface area contributed by atoms with Gasteiger partial charge in [0.25, 0.3) is 0 Å². The van der Waals surface area contributed by atoms with Crippen molar-refractivity contribution in [3.05, 3.63) is 108 Å². The van der Waals surface area contributed by atoms with Gasteiger partial charge < -0.3 is 15.3 Å². The van der Waals surface area contributed by atoms with Crippen molar-refractivity contribution >= 4 is 50.1 Å². The number of hydrogen-bond donors (Lipinski definition) is 3. The number of nitrogens with zero attached hydrogens (tertiary/aromatic N) is 3. The van der Waals surface area contributed by atoms with Crippen LogP contribution < -0.4 is 0 Å². The smallest absolute Gasteiger partial charge is 0.141 e. The lowest BCUT2D eigenvalue weighted by Crippen LogP contribution is -1.87. The van der Waals surface area contributed by atoms with Crippen LogP contribution in [0, 0.1) is 0 Å². The fourth-order valence-corrected chi connectivity index (χ4v) is 5.11. The van der Waals surface area contributed by atoms with Crippen LogP contribution in [-0.4, -0.2) is 47.6 Å². The molecule has 3 heterocycles. The largest absolute Gasteiger partial charge is 0.506 e. The minimum atomic E-state index is 0. The first-order valence-electron chi connectivity index (χ1n) is 14.6. The molecular formula is C36H39AlN3O3. The van der Waals surface area contributed by atoms with Gasteiger partial charge in [0.1, 0.15) is 33.8 Å². The Morgan fingerprint density at radius 1 is 0.442 bits per heavy atom. The van der Waals surface area contributed by atoms with Crippen molar-refractivity contribution < 1.29 is 15.3 Å². The predicted octanol–water partition coefficient (Wildman–Crippen LogP) is 8.30. The first-order valence-corrected chi connectivity index (χ1v) is 14.6. The zero-order valence-electron chi connectivity index (χ0n) is 25.2. The van der Waals surface area contributed by atoms with E-state index < -0.39 is 0 Å². The van der Waals surface area contributed by atoms with Crippen LogP contribution in [0.2, 0.25) is 0 Å². The average molecular weight is 589 g/mol. The molecule has 0 bridgehead atoms. The Balaban J connectivity index is 0.000000175. The van der Waals surface area contributed by atoms with Crippen LogP contribution in [0.4, 0.5) is 0 Å². The first-order chi connectivity index (χ1) is 20.5. The van der Waals surface area contributed by atoms with Gasteiger partial charge in [-0.15, -0.1) is 0 Å². The monoisotopic (exact) mass is 588 g/mol. The van der Waals surface area contributed by atoms with E-state index >= 15 is 0 Å². The minimum absolute atomic E-state index is 0. The molecule has 0 aliphatic carbocycles. The van der Waals surface area contributed by atoms with Crippen molar-refractivity contribution in [3.63, 3.8) is 0 Å². The standard InChI is InChI=1S/3C12H13NO.Al/c3*1-2-4-9-6-7-11(14)12-10(9)5-3-8-13-12;/h3*3,5-8,14H,2,4H2,1H3;. The van der Waals surface area contributed by atoms with E-state index in [1.807, 2.05) is 54.6 Å². The van der Waals surface area contributed by atoms with E-state index in [1.54, 1.807) is 36.8 Å². The fraction of sp³-hybridized carbons (Fsp3) is 0.250. The molecule has 7 heteroatoms. The van der Waals surface area contributed by atoms with Gasteiger partial charge in [0.15, 0.2) is 0 Å². The summed E-state index contributed by atoms with van der Waals surface area (Å²) >= 11 is 0. The third-order valence-corrected chi connectivity index (χ3v) is 7.07. The van der Waals surface area contributed by atoms with E-state index in [9.17, 15) is 15.3 Å². The van der Waals surface area contributed by atoms with Crippen LogP contribution >= 0.6 is 0 Å². The summed E-state index contributed by atoms with van der Waals surface area (Å²) in [6, 6.07) is 22.8. The summed E-state index contributed by atoms with van der Waals surface area (Å²) in [4.78, 5) is 12.5. The number of fused-ring (bicyclic) bond motifs is 3. The second kappa shape index (κ2) is 16.5. The molecule has 0 aliphatic rings. The Morgan fingerprint density at radius 3 is 0.977 bits per heavy atom. The Kier molecular flexibility index (Phi) is 12.8. The summed E-state index contributed by atoms with van der Waals surface area (Å²) in [7, 11) is 0. The summed E-state index contributed by atoms with van der Waals surface area (Å²) in [6.45, 7) is 6.44. The molecule has 219 valence electrons. The Hall–Kier alpha value is -4.18. The number of aromatic hydroxyl groups is 3. The summed E-state index contributed by atoms with van der Waals surface area (Å²) in [6.07, 6.45) is 11.5. The minimum Gasteiger partial charge on any atom is -0.506 e. The fourth-order valence-electron chi connectivity index (χ4n) is 5.11. The molecule has 0 spiro atoms. The maximum atomic E-state index is 9.60. The predicted molar refractivity (Wildman–Crippen MR) is 178 cm³/mol. The van der Waals surface area contributed by atoms with E-state index in [-0.39, 0.29) is 34.6 Å². The number of phenols is 3. The molecule has 0 aliphatic heterocycles. The molecule has 6 nitrogen and oxygen atoms in total. The molecule has 6 aromatic rings. The maximum Gasteiger partial charge on any atom is 0.141 e. The summed E-state index contributed by atoms with van der Waals surface area (Å²) < 4.78 is 0. The van der Waals surface area contributed by atoms with Crippen molar-refractivity contribution in [2.45, 2.75) is 59.3 Å². The number of rotatable bonds is 6. The quantitative estimate of drug-likeness (QED) is 0.169. The van der Waals surface area contributed by atoms with Crippen LogP contribution in [0.15, 0.2) is 91.4 Å². The zero-order valence-corrected chi connectivity index (χ0v) is 26.3. The van der Waals surface area contributed by atoms with E-state index in [0.29, 0.717) is 16.6 Å². The number of pyridine rings is 3. The molecule has 43 heavy (non-hydrogen) atoms. The van der Waals surface area contributed by atoms with Gasteiger partial charge in [-0.2, -0.15) is 0 Å². The molecule has 3 aromatic heterocycles. The lowest BCUT2D eigenvalue weighted by Gasteiger charge is -2.05. The van der Waals surface area contributed by atoms with E-state index in [1.165, 1.54) is 16.7 Å². The van der Waals surface area contributed by atoms with Crippen LogP contribution in [-0.2, 0) is 19.3 Å². The van der Waals surface area contributed by atoms with Gasteiger partial charge in [-0.25, -0.2) is 0 Å². The molecule has 0 saturated heterocycles. The van der Waals surface area contributed by atoms with Crippen LogP contribution in [0.25, 0.3) is 32.7 Å². The van der Waals surface area contributed by atoms with Gasteiger partial charge in [0, 0.05) is 52.1 Å². The molecule has 3 aromatic carbocycles. The summed E-state index contributed by atoms with van der Waals surface area (Å²) in [5.41, 5.74) is 5.89. The average Bonchev–Trinajstić information content (AvgIpc) is 3.03. The highest BCUT2D eigenvalue weighted by Crippen LogP contribution is 2.28. The van der Waals surface area contributed by atoms with E-state index in [2.05, 4.69) is 35.7 Å². The third-order valence-electron chi connectivity index (χ3n) is 7.07. The Labute approximate surface area is 264 Å². The summed E-state index contributed by atoms with van der Waals surface area (Å²) in [5.74, 6) is 0.793. The van der Waals surface area contributed by atoms with E-state index in [0.717, 1.165) is 54.7 Å². The Bertz CT molecular complexity index is 1570. The number of benzene rings is 3. The lowest BCUT2D eigenvalue weighted by molar-refractivity contribution is 0.479.